The molecule has 3 aromatic carbocycles. The average molecular weight is 388 g/mol. The van der Waals surface area contributed by atoms with Crippen molar-refractivity contribution in [1.82, 2.24) is 4.98 Å². The number of nitrogens with zero attached hydrogens (tertiary/aromatic N) is 1. The van der Waals surface area contributed by atoms with Crippen LogP contribution in [0.3, 0.4) is 0 Å². The van der Waals surface area contributed by atoms with Crippen LogP contribution in [-0.2, 0) is 11.2 Å². The van der Waals surface area contributed by atoms with Crippen LogP contribution in [0.1, 0.15) is 5.69 Å². The van der Waals surface area contributed by atoms with Gasteiger partial charge in [0.15, 0.2) is 0 Å². The SMILES string of the molecule is O=C(Cc1csc(-c2ccc(F)cc2)n1)Nc1ccccc1-c1ccccc1. The van der Waals surface area contributed by atoms with Crippen LogP contribution in [0, 0.1) is 5.82 Å². The summed E-state index contributed by atoms with van der Waals surface area (Å²) in [4.78, 5) is 17.1. The van der Waals surface area contributed by atoms with E-state index in [2.05, 4.69) is 10.3 Å². The van der Waals surface area contributed by atoms with Crippen LogP contribution in [0.5, 0.6) is 0 Å². The van der Waals surface area contributed by atoms with Gasteiger partial charge in [0.25, 0.3) is 0 Å². The van der Waals surface area contributed by atoms with E-state index in [1.165, 1.54) is 23.5 Å². The largest absolute Gasteiger partial charge is 0.325 e. The number of rotatable bonds is 5. The number of hydrogen-bond acceptors (Lipinski definition) is 3. The van der Waals surface area contributed by atoms with E-state index >= 15 is 0 Å². The number of thiazole rings is 1. The van der Waals surface area contributed by atoms with Gasteiger partial charge in [-0.3, -0.25) is 4.79 Å². The Morgan fingerprint density at radius 2 is 1.61 bits per heavy atom. The summed E-state index contributed by atoms with van der Waals surface area (Å²) >= 11 is 1.44. The minimum atomic E-state index is -0.281. The zero-order valence-electron chi connectivity index (χ0n) is 14.9. The Bertz CT molecular complexity index is 1090. The van der Waals surface area contributed by atoms with Crippen LogP contribution in [0.2, 0.25) is 0 Å². The lowest BCUT2D eigenvalue weighted by atomic mass is 10.0. The van der Waals surface area contributed by atoms with Gasteiger partial charge >= 0.3 is 0 Å². The number of nitrogens with one attached hydrogen (secondary N) is 1. The molecule has 0 radical (unpaired) electrons. The number of aromatic nitrogens is 1. The smallest absolute Gasteiger partial charge is 0.230 e. The second-order valence-electron chi connectivity index (χ2n) is 6.29. The number of anilines is 1. The van der Waals surface area contributed by atoms with Crippen LogP contribution in [0.25, 0.3) is 21.7 Å². The maximum Gasteiger partial charge on any atom is 0.230 e. The average Bonchev–Trinajstić information content (AvgIpc) is 3.18. The monoisotopic (exact) mass is 388 g/mol. The van der Waals surface area contributed by atoms with Crippen LogP contribution < -0.4 is 5.32 Å². The van der Waals surface area contributed by atoms with Crippen molar-refractivity contribution in [2.24, 2.45) is 0 Å². The predicted molar refractivity (Wildman–Crippen MR) is 112 cm³/mol. The Morgan fingerprint density at radius 3 is 2.39 bits per heavy atom. The summed E-state index contributed by atoms with van der Waals surface area (Å²) in [7, 11) is 0. The van der Waals surface area contributed by atoms with Crippen molar-refractivity contribution < 1.29 is 9.18 Å². The van der Waals surface area contributed by atoms with Crippen LogP contribution in [0.4, 0.5) is 10.1 Å². The molecule has 0 atom stereocenters. The molecule has 0 bridgehead atoms. The van der Waals surface area contributed by atoms with Gasteiger partial charge in [0.1, 0.15) is 10.8 Å². The fourth-order valence-corrected chi connectivity index (χ4v) is 3.76. The van der Waals surface area contributed by atoms with E-state index in [-0.39, 0.29) is 18.1 Å². The highest BCUT2D eigenvalue weighted by molar-refractivity contribution is 7.13. The van der Waals surface area contributed by atoms with Crippen molar-refractivity contribution in [2.45, 2.75) is 6.42 Å². The summed E-state index contributed by atoms with van der Waals surface area (Å²) in [6.07, 6.45) is 0.181. The minimum absolute atomic E-state index is 0.126. The highest BCUT2D eigenvalue weighted by atomic mass is 32.1. The number of amides is 1. The molecule has 28 heavy (non-hydrogen) atoms. The molecule has 1 N–H and O–H groups in total. The zero-order chi connectivity index (χ0) is 19.3. The van der Waals surface area contributed by atoms with Gasteiger partial charge in [-0.15, -0.1) is 11.3 Å². The zero-order valence-corrected chi connectivity index (χ0v) is 15.7. The summed E-state index contributed by atoms with van der Waals surface area (Å²) in [5, 5.41) is 5.62. The van der Waals surface area contributed by atoms with Gasteiger partial charge < -0.3 is 5.32 Å². The second-order valence-corrected chi connectivity index (χ2v) is 7.15. The predicted octanol–water partition coefficient (Wildman–Crippen LogP) is 5.80. The van der Waals surface area contributed by atoms with E-state index in [4.69, 9.17) is 0 Å². The van der Waals surface area contributed by atoms with Crippen molar-refractivity contribution in [3.8, 4) is 21.7 Å². The molecular weight excluding hydrogens is 371 g/mol. The van der Waals surface area contributed by atoms with Gasteiger partial charge in [-0.1, -0.05) is 48.5 Å². The highest BCUT2D eigenvalue weighted by Crippen LogP contribution is 2.28. The maximum atomic E-state index is 13.1. The summed E-state index contributed by atoms with van der Waals surface area (Å²) in [6.45, 7) is 0. The molecule has 1 aromatic heterocycles. The van der Waals surface area contributed by atoms with E-state index in [0.29, 0.717) is 5.69 Å². The normalized spacial score (nSPS) is 10.6. The number of hydrogen-bond donors (Lipinski definition) is 1. The Hall–Kier alpha value is -3.31. The molecule has 0 saturated heterocycles. The molecule has 3 nitrogen and oxygen atoms in total. The molecular formula is C23H17FN2OS. The number of carbonyl (C=O) groups is 1. The fraction of sp³-hybridized carbons (Fsp3) is 0.0435. The van der Waals surface area contributed by atoms with Crippen LogP contribution in [0.15, 0.2) is 84.2 Å². The highest BCUT2D eigenvalue weighted by Gasteiger charge is 2.12. The third-order valence-electron chi connectivity index (χ3n) is 4.27. The van der Waals surface area contributed by atoms with Crippen LogP contribution in [-0.4, -0.2) is 10.9 Å². The molecule has 138 valence electrons. The molecule has 1 heterocycles. The molecule has 4 aromatic rings. The fourth-order valence-electron chi connectivity index (χ4n) is 2.93. The molecule has 0 spiro atoms. The number of carbonyl (C=O) groups excluding carboxylic acids is 1. The quantitative estimate of drug-likeness (QED) is 0.470. The molecule has 4 rings (SSSR count). The summed E-state index contributed by atoms with van der Waals surface area (Å²) in [5.74, 6) is -0.406. The first-order valence-electron chi connectivity index (χ1n) is 8.84. The van der Waals surface area contributed by atoms with Gasteiger partial charge in [-0.05, 0) is 35.9 Å². The van der Waals surface area contributed by atoms with E-state index in [9.17, 15) is 9.18 Å². The summed E-state index contributed by atoms with van der Waals surface area (Å²) in [5.41, 5.74) is 4.33. The molecule has 0 saturated carbocycles. The van der Waals surface area contributed by atoms with Gasteiger partial charge in [-0.2, -0.15) is 0 Å². The maximum absolute atomic E-state index is 13.1. The minimum Gasteiger partial charge on any atom is -0.325 e. The van der Waals surface area contributed by atoms with Gasteiger partial charge in [0, 0.05) is 22.2 Å². The first-order chi connectivity index (χ1) is 13.7. The molecule has 1 amide bonds. The van der Waals surface area contributed by atoms with Gasteiger partial charge in [0.2, 0.25) is 5.91 Å². The Balaban J connectivity index is 1.48. The number of halogens is 1. The molecule has 0 aliphatic heterocycles. The first kappa shape index (κ1) is 18.1. The third kappa shape index (κ3) is 4.15. The van der Waals surface area contributed by atoms with E-state index in [1.807, 2.05) is 60.0 Å². The lowest BCUT2D eigenvalue weighted by Gasteiger charge is -2.11. The van der Waals surface area contributed by atoms with Crippen molar-refractivity contribution in [1.29, 1.82) is 0 Å². The van der Waals surface area contributed by atoms with Crippen LogP contribution >= 0.6 is 11.3 Å². The van der Waals surface area contributed by atoms with Crippen molar-refractivity contribution in [3.05, 3.63) is 95.8 Å². The third-order valence-corrected chi connectivity index (χ3v) is 5.21. The van der Waals surface area contributed by atoms with Crippen molar-refractivity contribution in [2.75, 3.05) is 5.32 Å². The molecule has 0 fully saturated rings. The Kier molecular flexibility index (Phi) is 5.26. The first-order valence-corrected chi connectivity index (χ1v) is 9.71. The molecule has 0 aliphatic rings. The van der Waals surface area contributed by atoms with E-state index < -0.39 is 0 Å². The summed E-state index contributed by atoms with van der Waals surface area (Å²) < 4.78 is 13.1. The standard InChI is InChI=1S/C23H17FN2OS/c24-18-12-10-17(11-13-18)23-25-19(15-28-23)14-22(27)26-21-9-5-4-8-20(21)16-6-2-1-3-7-16/h1-13,15H,14H2,(H,26,27). The molecule has 5 heteroatoms. The second kappa shape index (κ2) is 8.15. The topological polar surface area (TPSA) is 42.0 Å². The van der Waals surface area contributed by atoms with E-state index in [1.54, 1.807) is 12.1 Å². The molecule has 0 aliphatic carbocycles. The van der Waals surface area contributed by atoms with Crippen molar-refractivity contribution >= 4 is 22.9 Å². The van der Waals surface area contributed by atoms with Gasteiger partial charge in [0.05, 0.1) is 12.1 Å². The summed E-state index contributed by atoms with van der Waals surface area (Å²) in [6, 6.07) is 23.9. The number of benzene rings is 3. The van der Waals surface area contributed by atoms with E-state index in [0.717, 1.165) is 27.4 Å². The van der Waals surface area contributed by atoms with Crippen molar-refractivity contribution in [3.63, 3.8) is 0 Å². The Labute approximate surface area is 166 Å². The van der Waals surface area contributed by atoms with Gasteiger partial charge in [-0.25, -0.2) is 9.37 Å². The lowest BCUT2D eigenvalue weighted by Crippen LogP contribution is -2.15. The Morgan fingerprint density at radius 1 is 0.893 bits per heavy atom. The molecule has 0 unspecified atom stereocenters. The lowest BCUT2D eigenvalue weighted by molar-refractivity contribution is -0.115. The number of para-hydroxylation sites is 1.